The lowest BCUT2D eigenvalue weighted by Gasteiger charge is -2.40. The molecule has 376 valence electrons. The minimum Gasteiger partial charge on any atom is -0.479 e. The standard InChI is InChI=1S/C53H92O12/c1-4-7-10-13-16-19-21-22-23-24-26-28-30-33-36-39-45(54)61-42-44(63-46(55)40-37-34-32-29-25-20-17-14-11-8-5-2)43-62-53-51(49(58)48(57)50(65-53)52(59)60)64-47(56)41-38-35-31-27-18-15-12-9-6-3/h14,16-17,19,22-23,44,48-51,53,57-58H,4-13,15,18,20-21,24-43H2,1-3H3,(H,59,60)/b17-14-,19-16-,23-22-. The Morgan fingerprint density at radius 2 is 0.938 bits per heavy atom. The van der Waals surface area contributed by atoms with Crippen LogP contribution in [0, 0.1) is 0 Å². The largest absolute Gasteiger partial charge is 0.479 e. The number of allylic oxidation sites excluding steroid dienone is 6. The van der Waals surface area contributed by atoms with Crippen molar-refractivity contribution in [3.63, 3.8) is 0 Å². The van der Waals surface area contributed by atoms with Crippen LogP contribution in [0.2, 0.25) is 0 Å². The Morgan fingerprint density at radius 3 is 1.48 bits per heavy atom. The lowest BCUT2D eigenvalue weighted by Crippen LogP contribution is -2.61. The summed E-state index contributed by atoms with van der Waals surface area (Å²) < 4.78 is 28.2. The fourth-order valence-corrected chi connectivity index (χ4v) is 7.61. The van der Waals surface area contributed by atoms with Crippen LogP contribution in [0.15, 0.2) is 36.5 Å². The molecule has 1 aliphatic rings. The molecular weight excluding hydrogens is 829 g/mol. The Kier molecular flexibility index (Phi) is 39.0. The number of rotatable bonds is 43. The van der Waals surface area contributed by atoms with E-state index < -0.39 is 67.3 Å². The number of unbranched alkanes of at least 4 members (excludes halogenated alkanes) is 23. The summed E-state index contributed by atoms with van der Waals surface area (Å²) in [6.45, 7) is 5.85. The van der Waals surface area contributed by atoms with Gasteiger partial charge in [0.2, 0.25) is 0 Å². The van der Waals surface area contributed by atoms with Gasteiger partial charge in [-0.15, -0.1) is 0 Å². The van der Waals surface area contributed by atoms with Crippen molar-refractivity contribution < 1.29 is 58.2 Å². The Morgan fingerprint density at radius 1 is 0.508 bits per heavy atom. The molecule has 0 aromatic carbocycles. The molecule has 1 heterocycles. The van der Waals surface area contributed by atoms with E-state index in [0.29, 0.717) is 19.3 Å². The fourth-order valence-electron chi connectivity index (χ4n) is 7.61. The number of hydrogen-bond donors (Lipinski definition) is 3. The van der Waals surface area contributed by atoms with Crippen molar-refractivity contribution in [1.29, 1.82) is 0 Å². The number of aliphatic hydroxyl groups is 2. The zero-order valence-electron chi connectivity index (χ0n) is 41.0. The third-order valence-corrected chi connectivity index (χ3v) is 11.7. The fraction of sp³-hybridized carbons (Fsp3) is 0.811. The zero-order valence-corrected chi connectivity index (χ0v) is 41.0. The Balaban J connectivity index is 2.73. The number of carbonyl (C=O) groups is 4. The highest BCUT2D eigenvalue weighted by Crippen LogP contribution is 2.26. The number of aliphatic hydroxyl groups excluding tert-OH is 2. The second kappa shape index (κ2) is 42.3. The first kappa shape index (κ1) is 60.0. The van der Waals surface area contributed by atoms with E-state index in [1.54, 1.807) is 0 Å². The lowest BCUT2D eigenvalue weighted by atomic mass is 9.98. The van der Waals surface area contributed by atoms with E-state index >= 15 is 0 Å². The van der Waals surface area contributed by atoms with Crippen LogP contribution >= 0.6 is 0 Å². The Labute approximate surface area is 393 Å². The Hall–Kier alpha value is -3.06. The smallest absolute Gasteiger partial charge is 0.335 e. The van der Waals surface area contributed by atoms with Crippen LogP contribution in [0.3, 0.4) is 0 Å². The van der Waals surface area contributed by atoms with E-state index in [9.17, 15) is 34.5 Å². The van der Waals surface area contributed by atoms with Crippen molar-refractivity contribution in [2.24, 2.45) is 0 Å². The lowest BCUT2D eigenvalue weighted by molar-refractivity contribution is -0.301. The van der Waals surface area contributed by atoms with E-state index in [4.69, 9.17) is 23.7 Å². The summed E-state index contributed by atoms with van der Waals surface area (Å²) in [5, 5.41) is 31.2. The van der Waals surface area contributed by atoms with Gasteiger partial charge in [0.15, 0.2) is 24.6 Å². The van der Waals surface area contributed by atoms with E-state index in [2.05, 4.69) is 57.2 Å². The molecule has 12 heteroatoms. The van der Waals surface area contributed by atoms with Gasteiger partial charge in [-0.2, -0.15) is 0 Å². The maximum Gasteiger partial charge on any atom is 0.335 e. The predicted octanol–water partition coefficient (Wildman–Crippen LogP) is 12.1. The second-order valence-electron chi connectivity index (χ2n) is 17.8. The molecule has 3 N–H and O–H groups in total. The molecule has 0 spiro atoms. The molecule has 0 aliphatic carbocycles. The van der Waals surface area contributed by atoms with Gasteiger partial charge in [0, 0.05) is 19.3 Å². The van der Waals surface area contributed by atoms with E-state index in [-0.39, 0.29) is 25.9 Å². The maximum atomic E-state index is 13.0. The van der Waals surface area contributed by atoms with Crippen LogP contribution < -0.4 is 0 Å². The van der Waals surface area contributed by atoms with Crippen LogP contribution in [-0.4, -0.2) is 89.2 Å². The predicted molar refractivity (Wildman–Crippen MR) is 257 cm³/mol. The number of carboxylic acid groups (broad SMARTS) is 1. The average molecular weight is 921 g/mol. The van der Waals surface area contributed by atoms with Crippen LogP contribution in [-0.2, 0) is 42.9 Å². The first-order valence-corrected chi connectivity index (χ1v) is 26.0. The summed E-state index contributed by atoms with van der Waals surface area (Å²) in [6.07, 6.45) is 34.3. The average Bonchev–Trinajstić information content (AvgIpc) is 3.29. The van der Waals surface area contributed by atoms with Crippen LogP contribution in [0.4, 0.5) is 0 Å². The highest BCUT2D eigenvalue weighted by molar-refractivity contribution is 5.74. The molecule has 1 saturated heterocycles. The number of aliphatic carboxylic acids is 1. The number of hydrogen-bond acceptors (Lipinski definition) is 11. The minimum absolute atomic E-state index is 0.0607. The van der Waals surface area contributed by atoms with Crippen molar-refractivity contribution >= 4 is 23.9 Å². The molecule has 0 radical (unpaired) electrons. The van der Waals surface area contributed by atoms with Gasteiger partial charge in [0.05, 0.1) is 6.61 Å². The normalized spacial score (nSPS) is 19.3. The SMILES string of the molecule is CCCC/C=C\CCCCCCCC(=O)OC(COC(=O)CCCCCCC/C=C\C/C=C\CCCCC)COC1OC(C(=O)O)C(O)C(O)C1OC(=O)CCCCCCCCCCC. The molecule has 0 aromatic rings. The number of ether oxygens (including phenoxy) is 5. The highest BCUT2D eigenvalue weighted by atomic mass is 16.7. The first-order chi connectivity index (χ1) is 31.6. The van der Waals surface area contributed by atoms with Crippen LogP contribution in [0.25, 0.3) is 0 Å². The number of carboxylic acids is 1. The van der Waals surface area contributed by atoms with Crippen molar-refractivity contribution in [2.75, 3.05) is 13.2 Å². The van der Waals surface area contributed by atoms with Gasteiger partial charge in [-0.25, -0.2) is 4.79 Å². The quantitative estimate of drug-likeness (QED) is 0.0229. The van der Waals surface area contributed by atoms with Crippen molar-refractivity contribution in [3.8, 4) is 0 Å². The molecule has 0 amide bonds. The molecule has 1 rings (SSSR count). The Bertz CT molecular complexity index is 1280. The first-order valence-electron chi connectivity index (χ1n) is 26.0. The van der Waals surface area contributed by atoms with E-state index in [0.717, 1.165) is 109 Å². The van der Waals surface area contributed by atoms with Crippen LogP contribution in [0.1, 0.15) is 226 Å². The molecule has 12 nitrogen and oxygen atoms in total. The summed E-state index contributed by atoms with van der Waals surface area (Å²) in [5.41, 5.74) is 0. The van der Waals surface area contributed by atoms with Crippen molar-refractivity contribution in [3.05, 3.63) is 36.5 Å². The molecule has 0 bridgehead atoms. The maximum absolute atomic E-state index is 13.0. The van der Waals surface area contributed by atoms with Gasteiger partial charge in [-0.1, -0.05) is 173 Å². The highest BCUT2D eigenvalue weighted by Gasteiger charge is 2.50. The summed E-state index contributed by atoms with van der Waals surface area (Å²) >= 11 is 0. The van der Waals surface area contributed by atoms with Gasteiger partial charge >= 0.3 is 23.9 Å². The van der Waals surface area contributed by atoms with Gasteiger partial charge in [-0.05, 0) is 70.6 Å². The van der Waals surface area contributed by atoms with Crippen molar-refractivity contribution in [1.82, 2.24) is 0 Å². The van der Waals surface area contributed by atoms with Crippen LogP contribution in [0.5, 0.6) is 0 Å². The topological polar surface area (TPSA) is 175 Å². The second-order valence-corrected chi connectivity index (χ2v) is 17.8. The third kappa shape index (κ3) is 33.1. The summed E-state index contributed by atoms with van der Waals surface area (Å²) in [6, 6.07) is 0. The molecule has 0 saturated carbocycles. The van der Waals surface area contributed by atoms with Gasteiger partial charge in [-0.3, -0.25) is 14.4 Å². The summed E-state index contributed by atoms with van der Waals surface area (Å²) in [4.78, 5) is 50.7. The molecule has 1 aliphatic heterocycles. The van der Waals surface area contributed by atoms with Gasteiger partial charge in [0.25, 0.3) is 0 Å². The van der Waals surface area contributed by atoms with E-state index in [1.165, 1.54) is 57.8 Å². The van der Waals surface area contributed by atoms with Gasteiger partial charge < -0.3 is 39.0 Å². The monoisotopic (exact) mass is 921 g/mol. The minimum atomic E-state index is -1.90. The van der Waals surface area contributed by atoms with E-state index in [1.807, 2.05) is 0 Å². The number of esters is 3. The zero-order chi connectivity index (χ0) is 47.6. The third-order valence-electron chi connectivity index (χ3n) is 11.7. The molecular formula is C53H92O12. The molecule has 65 heavy (non-hydrogen) atoms. The molecule has 1 fully saturated rings. The summed E-state index contributed by atoms with van der Waals surface area (Å²) in [5.74, 6) is -3.14. The van der Waals surface area contributed by atoms with Crippen molar-refractivity contribution in [2.45, 2.75) is 263 Å². The van der Waals surface area contributed by atoms with Gasteiger partial charge in [0.1, 0.15) is 18.8 Å². The molecule has 6 unspecified atom stereocenters. The molecule has 6 atom stereocenters. The number of carbonyl (C=O) groups excluding carboxylic acids is 3. The summed E-state index contributed by atoms with van der Waals surface area (Å²) in [7, 11) is 0. The molecule has 0 aromatic heterocycles.